The van der Waals surface area contributed by atoms with Gasteiger partial charge in [-0.1, -0.05) is 0 Å². The number of nitrogens with one attached hydrogen (secondary N) is 1. The fraction of sp³-hybridized carbons (Fsp3) is 0.526. The van der Waals surface area contributed by atoms with Crippen molar-refractivity contribution in [2.24, 2.45) is 0 Å². The van der Waals surface area contributed by atoms with Gasteiger partial charge in [-0.2, -0.15) is 0 Å². The number of likely N-dealkylation sites (N-methyl/N-ethyl adjacent to an activating group) is 1. The molecule has 4 rings (SSSR count). The molecule has 2 aromatic rings. The molecule has 2 atom stereocenters. The lowest BCUT2D eigenvalue weighted by molar-refractivity contribution is -0.0260. The SMILES string of the molecule is CC(Nc1nc(-c2ccncc2)nc2c1CCC2)C1CN(C)CCO1. The average Bonchev–Trinajstić information content (AvgIpc) is 3.11. The third kappa shape index (κ3) is 3.50. The Morgan fingerprint density at radius 2 is 2.08 bits per heavy atom. The van der Waals surface area contributed by atoms with Crippen molar-refractivity contribution >= 4 is 5.82 Å². The van der Waals surface area contributed by atoms with E-state index in [-0.39, 0.29) is 12.1 Å². The van der Waals surface area contributed by atoms with E-state index in [0.717, 1.165) is 56.2 Å². The topological polar surface area (TPSA) is 63.2 Å². The van der Waals surface area contributed by atoms with Gasteiger partial charge in [-0.05, 0) is 45.4 Å². The van der Waals surface area contributed by atoms with Gasteiger partial charge in [0.25, 0.3) is 0 Å². The van der Waals surface area contributed by atoms with Crippen LogP contribution in [0.5, 0.6) is 0 Å². The molecule has 2 unspecified atom stereocenters. The van der Waals surface area contributed by atoms with E-state index in [4.69, 9.17) is 14.7 Å². The number of anilines is 1. The average molecular weight is 339 g/mol. The van der Waals surface area contributed by atoms with Gasteiger partial charge in [0.1, 0.15) is 5.82 Å². The molecule has 3 heterocycles. The monoisotopic (exact) mass is 339 g/mol. The van der Waals surface area contributed by atoms with Crippen LogP contribution in [0.3, 0.4) is 0 Å². The van der Waals surface area contributed by atoms with Crippen LogP contribution in [0.2, 0.25) is 0 Å². The summed E-state index contributed by atoms with van der Waals surface area (Å²) in [4.78, 5) is 16.1. The van der Waals surface area contributed by atoms with Crippen LogP contribution in [0.25, 0.3) is 11.4 Å². The summed E-state index contributed by atoms with van der Waals surface area (Å²) in [5, 5.41) is 3.62. The summed E-state index contributed by atoms with van der Waals surface area (Å²) in [6.07, 6.45) is 6.97. The summed E-state index contributed by atoms with van der Waals surface area (Å²) in [5.74, 6) is 1.75. The number of pyridine rings is 1. The first-order valence-corrected chi connectivity index (χ1v) is 9.07. The lowest BCUT2D eigenvalue weighted by atomic mass is 10.1. The highest BCUT2D eigenvalue weighted by atomic mass is 16.5. The van der Waals surface area contributed by atoms with Crippen molar-refractivity contribution < 1.29 is 4.74 Å². The maximum absolute atomic E-state index is 5.96. The molecule has 0 spiro atoms. The van der Waals surface area contributed by atoms with Gasteiger partial charge in [-0.25, -0.2) is 9.97 Å². The highest BCUT2D eigenvalue weighted by molar-refractivity contribution is 5.60. The lowest BCUT2D eigenvalue weighted by Crippen LogP contribution is -2.47. The molecule has 0 amide bonds. The summed E-state index contributed by atoms with van der Waals surface area (Å²) in [6.45, 7) is 4.91. The molecule has 132 valence electrons. The maximum Gasteiger partial charge on any atom is 0.161 e. The molecular weight excluding hydrogens is 314 g/mol. The molecule has 1 N–H and O–H groups in total. The van der Waals surface area contributed by atoms with Crippen LogP contribution in [0.15, 0.2) is 24.5 Å². The van der Waals surface area contributed by atoms with E-state index < -0.39 is 0 Å². The molecule has 0 aromatic carbocycles. The quantitative estimate of drug-likeness (QED) is 0.921. The van der Waals surface area contributed by atoms with Crippen LogP contribution in [0.4, 0.5) is 5.82 Å². The van der Waals surface area contributed by atoms with Crippen molar-refractivity contribution in [1.29, 1.82) is 0 Å². The van der Waals surface area contributed by atoms with Gasteiger partial charge < -0.3 is 15.0 Å². The molecule has 1 fully saturated rings. The van der Waals surface area contributed by atoms with Crippen molar-refractivity contribution in [2.75, 3.05) is 32.1 Å². The predicted molar refractivity (Wildman–Crippen MR) is 97.6 cm³/mol. The summed E-state index contributed by atoms with van der Waals surface area (Å²) in [5.41, 5.74) is 3.46. The minimum absolute atomic E-state index is 0.176. The van der Waals surface area contributed by atoms with Crippen molar-refractivity contribution in [1.82, 2.24) is 19.9 Å². The first kappa shape index (κ1) is 16.4. The minimum Gasteiger partial charge on any atom is -0.373 e. The zero-order valence-corrected chi connectivity index (χ0v) is 14.9. The number of ether oxygens (including phenoxy) is 1. The first-order chi connectivity index (χ1) is 12.2. The van der Waals surface area contributed by atoms with E-state index in [0.29, 0.717) is 0 Å². The Morgan fingerprint density at radius 3 is 2.88 bits per heavy atom. The largest absolute Gasteiger partial charge is 0.373 e. The fourth-order valence-corrected chi connectivity index (χ4v) is 3.60. The molecule has 1 aliphatic heterocycles. The van der Waals surface area contributed by atoms with Crippen LogP contribution < -0.4 is 5.32 Å². The van der Waals surface area contributed by atoms with Crippen molar-refractivity contribution in [3.8, 4) is 11.4 Å². The second-order valence-electron chi connectivity index (χ2n) is 7.02. The number of aryl methyl sites for hydroxylation is 1. The zero-order valence-electron chi connectivity index (χ0n) is 14.9. The Hall–Kier alpha value is -2.05. The Kier molecular flexibility index (Phi) is 4.63. The molecule has 2 aliphatic rings. The molecule has 6 nitrogen and oxygen atoms in total. The molecule has 0 bridgehead atoms. The van der Waals surface area contributed by atoms with E-state index in [2.05, 4.69) is 29.2 Å². The van der Waals surface area contributed by atoms with Crippen LogP contribution in [-0.4, -0.2) is 58.7 Å². The van der Waals surface area contributed by atoms with Crippen LogP contribution >= 0.6 is 0 Å². The summed E-state index contributed by atoms with van der Waals surface area (Å²) in [6, 6.07) is 4.12. The molecule has 0 radical (unpaired) electrons. The molecule has 1 aliphatic carbocycles. The maximum atomic E-state index is 5.96. The number of morpholine rings is 1. The number of hydrogen-bond donors (Lipinski definition) is 1. The fourth-order valence-electron chi connectivity index (χ4n) is 3.60. The normalized spacial score (nSPS) is 21.8. The Balaban J connectivity index is 1.61. The van der Waals surface area contributed by atoms with Gasteiger partial charge in [0.2, 0.25) is 0 Å². The zero-order chi connectivity index (χ0) is 17.2. The third-order valence-corrected chi connectivity index (χ3v) is 5.09. The van der Waals surface area contributed by atoms with Gasteiger partial charge in [-0.3, -0.25) is 4.98 Å². The van der Waals surface area contributed by atoms with Crippen molar-refractivity contribution in [3.63, 3.8) is 0 Å². The Morgan fingerprint density at radius 1 is 1.24 bits per heavy atom. The molecule has 0 saturated carbocycles. The van der Waals surface area contributed by atoms with Crippen LogP contribution in [0, 0.1) is 0 Å². The van der Waals surface area contributed by atoms with Crippen LogP contribution in [-0.2, 0) is 17.6 Å². The number of fused-ring (bicyclic) bond motifs is 1. The second-order valence-corrected chi connectivity index (χ2v) is 7.02. The van der Waals surface area contributed by atoms with E-state index in [1.807, 2.05) is 12.1 Å². The minimum atomic E-state index is 0.176. The van der Waals surface area contributed by atoms with Gasteiger partial charge in [-0.15, -0.1) is 0 Å². The van der Waals surface area contributed by atoms with Gasteiger partial charge in [0.05, 0.1) is 18.8 Å². The number of rotatable bonds is 4. The third-order valence-electron chi connectivity index (χ3n) is 5.09. The standard InChI is InChI=1S/C19H25N5O/c1-13(17-12-24(2)10-11-25-17)21-19-15-4-3-5-16(15)22-18(23-19)14-6-8-20-9-7-14/h6-9,13,17H,3-5,10-12H2,1-2H3,(H,21,22,23). The summed E-state index contributed by atoms with van der Waals surface area (Å²) in [7, 11) is 2.15. The number of aromatic nitrogens is 3. The van der Waals surface area contributed by atoms with Gasteiger partial charge in [0.15, 0.2) is 5.82 Å². The molecule has 6 heteroatoms. The smallest absolute Gasteiger partial charge is 0.161 e. The predicted octanol–water partition coefficient (Wildman–Crippen LogP) is 2.16. The van der Waals surface area contributed by atoms with Crippen molar-refractivity contribution in [2.45, 2.75) is 38.3 Å². The Labute approximate surface area is 148 Å². The van der Waals surface area contributed by atoms with Crippen molar-refractivity contribution in [3.05, 3.63) is 35.8 Å². The van der Waals surface area contributed by atoms with E-state index in [1.54, 1.807) is 12.4 Å². The van der Waals surface area contributed by atoms with E-state index >= 15 is 0 Å². The summed E-state index contributed by atoms with van der Waals surface area (Å²) >= 11 is 0. The molecule has 1 saturated heterocycles. The molecule has 2 aromatic heterocycles. The van der Waals surface area contributed by atoms with E-state index in [9.17, 15) is 0 Å². The van der Waals surface area contributed by atoms with E-state index in [1.165, 1.54) is 11.3 Å². The summed E-state index contributed by atoms with van der Waals surface area (Å²) < 4.78 is 5.96. The van der Waals surface area contributed by atoms with Gasteiger partial charge >= 0.3 is 0 Å². The first-order valence-electron chi connectivity index (χ1n) is 9.07. The van der Waals surface area contributed by atoms with Crippen LogP contribution in [0.1, 0.15) is 24.6 Å². The highest BCUT2D eigenvalue weighted by Gasteiger charge is 2.26. The van der Waals surface area contributed by atoms with Gasteiger partial charge in [0, 0.05) is 42.3 Å². The number of nitrogens with zero attached hydrogens (tertiary/aromatic N) is 4. The Bertz CT molecular complexity index is 736. The second kappa shape index (κ2) is 7.06. The molecular formula is C19H25N5O. The number of hydrogen-bond acceptors (Lipinski definition) is 6. The highest BCUT2D eigenvalue weighted by Crippen LogP contribution is 2.30. The lowest BCUT2D eigenvalue weighted by Gasteiger charge is -2.34. The molecule has 25 heavy (non-hydrogen) atoms.